The van der Waals surface area contributed by atoms with Crippen LogP contribution in [0.5, 0.6) is 0 Å². The summed E-state index contributed by atoms with van der Waals surface area (Å²) in [5.74, 6) is -0.207. The lowest BCUT2D eigenvalue weighted by molar-refractivity contribution is -0.137. The van der Waals surface area contributed by atoms with Gasteiger partial charge in [-0.2, -0.15) is 13.2 Å². The molecular weight excluding hydrogens is 353 g/mol. The first-order valence-corrected chi connectivity index (χ1v) is 7.67. The number of carbonyl (C=O) groups is 1. The topological polar surface area (TPSA) is 41.1 Å². The van der Waals surface area contributed by atoms with Crippen LogP contribution in [0.1, 0.15) is 22.3 Å². The molecular formula is C18H18ClF3N2O. The van der Waals surface area contributed by atoms with Gasteiger partial charge in [-0.15, -0.1) is 12.4 Å². The van der Waals surface area contributed by atoms with Crippen molar-refractivity contribution in [3.63, 3.8) is 0 Å². The number of rotatable bonds is 3. The number of amides is 1. The van der Waals surface area contributed by atoms with E-state index in [-0.39, 0.29) is 30.9 Å². The van der Waals surface area contributed by atoms with E-state index in [0.29, 0.717) is 18.5 Å². The molecule has 0 aromatic heterocycles. The highest BCUT2D eigenvalue weighted by molar-refractivity contribution is 5.85. The van der Waals surface area contributed by atoms with Crippen LogP contribution in [0.3, 0.4) is 0 Å². The molecule has 1 atom stereocenters. The molecule has 1 aliphatic heterocycles. The number of alkyl halides is 3. The van der Waals surface area contributed by atoms with Crippen molar-refractivity contribution in [2.45, 2.75) is 31.7 Å². The van der Waals surface area contributed by atoms with Gasteiger partial charge in [0.05, 0.1) is 11.6 Å². The molecule has 1 heterocycles. The minimum absolute atomic E-state index is 0. The lowest BCUT2D eigenvalue weighted by atomic mass is 9.95. The lowest BCUT2D eigenvalue weighted by Crippen LogP contribution is -2.47. The second-order valence-corrected chi connectivity index (χ2v) is 5.82. The van der Waals surface area contributed by atoms with E-state index in [1.807, 2.05) is 24.3 Å². The van der Waals surface area contributed by atoms with Crippen molar-refractivity contribution in [1.29, 1.82) is 0 Å². The molecule has 1 amide bonds. The Hall–Kier alpha value is -2.05. The lowest BCUT2D eigenvalue weighted by Gasteiger charge is -2.25. The van der Waals surface area contributed by atoms with Crippen LogP contribution >= 0.6 is 12.4 Å². The molecule has 1 unspecified atom stereocenters. The second-order valence-electron chi connectivity index (χ2n) is 5.82. The smallest absolute Gasteiger partial charge is 0.351 e. The van der Waals surface area contributed by atoms with Crippen molar-refractivity contribution >= 4 is 18.3 Å². The van der Waals surface area contributed by atoms with Gasteiger partial charge < -0.3 is 10.6 Å². The summed E-state index contributed by atoms with van der Waals surface area (Å²) in [7, 11) is 0. The van der Waals surface area contributed by atoms with Crippen molar-refractivity contribution in [3.8, 4) is 0 Å². The number of nitrogens with one attached hydrogen (secondary N) is 2. The highest BCUT2D eigenvalue weighted by Gasteiger charge is 2.30. The zero-order chi connectivity index (χ0) is 17.2. The summed E-state index contributed by atoms with van der Waals surface area (Å²) < 4.78 is 38.1. The standard InChI is InChI=1S/C18H17F3N2O.ClH/c19-18(20,21)15-7-3-4-12(8-15)10-23-17(24)16-9-13-5-1-2-6-14(13)11-22-16;/h1-8,16,22H,9-11H2,(H,23,24);1H. The minimum Gasteiger partial charge on any atom is -0.351 e. The SMILES string of the molecule is Cl.O=C(NCc1cccc(C(F)(F)F)c1)C1Cc2ccccc2CN1. The molecule has 3 nitrogen and oxygen atoms in total. The van der Waals surface area contributed by atoms with Crippen molar-refractivity contribution in [2.75, 3.05) is 0 Å². The van der Waals surface area contributed by atoms with Crippen LogP contribution in [-0.2, 0) is 30.5 Å². The molecule has 0 aliphatic carbocycles. The molecule has 134 valence electrons. The van der Waals surface area contributed by atoms with E-state index in [4.69, 9.17) is 0 Å². The van der Waals surface area contributed by atoms with E-state index in [9.17, 15) is 18.0 Å². The van der Waals surface area contributed by atoms with Crippen LogP contribution in [0.25, 0.3) is 0 Å². The third-order valence-corrected chi connectivity index (χ3v) is 4.12. The fourth-order valence-corrected chi connectivity index (χ4v) is 2.81. The molecule has 0 fully saturated rings. The van der Waals surface area contributed by atoms with Gasteiger partial charge in [-0.3, -0.25) is 4.79 Å². The predicted octanol–water partition coefficient (Wildman–Crippen LogP) is 3.46. The molecule has 25 heavy (non-hydrogen) atoms. The van der Waals surface area contributed by atoms with Gasteiger partial charge >= 0.3 is 6.18 Å². The molecule has 3 rings (SSSR count). The van der Waals surface area contributed by atoms with E-state index in [2.05, 4.69) is 10.6 Å². The average molecular weight is 371 g/mol. The molecule has 2 aromatic carbocycles. The average Bonchev–Trinajstić information content (AvgIpc) is 2.59. The molecule has 0 saturated heterocycles. The van der Waals surface area contributed by atoms with Gasteiger partial charge in [-0.05, 0) is 35.2 Å². The summed E-state index contributed by atoms with van der Waals surface area (Å²) >= 11 is 0. The van der Waals surface area contributed by atoms with Crippen LogP contribution in [0, 0.1) is 0 Å². The van der Waals surface area contributed by atoms with Crippen molar-refractivity contribution < 1.29 is 18.0 Å². The zero-order valence-electron chi connectivity index (χ0n) is 13.3. The molecule has 7 heteroatoms. The van der Waals surface area contributed by atoms with Gasteiger partial charge in [0.15, 0.2) is 0 Å². The summed E-state index contributed by atoms with van der Waals surface area (Å²) in [5.41, 5.74) is 2.00. The zero-order valence-corrected chi connectivity index (χ0v) is 14.1. The molecule has 1 aliphatic rings. The van der Waals surface area contributed by atoms with Gasteiger partial charge in [0.1, 0.15) is 0 Å². The molecule has 0 bridgehead atoms. The van der Waals surface area contributed by atoms with E-state index in [0.717, 1.165) is 17.7 Å². The molecule has 0 saturated carbocycles. The molecule has 2 aromatic rings. The number of benzene rings is 2. The maximum atomic E-state index is 12.7. The first-order valence-electron chi connectivity index (χ1n) is 7.67. The first kappa shape index (κ1) is 19.3. The van der Waals surface area contributed by atoms with Crippen molar-refractivity contribution in [1.82, 2.24) is 10.6 Å². The van der Waals surface area contributed by atoms with E-state index < -0.39 is 11.7 Å². The van der Waals surface area contributed by atoms with Gasteiger partial charge in [0.25, 0.3) is 0 Å². The third kappa shape index (κ3) is 4.74. The Morgan fingerprint density at radius 1 is 1.12 bits per heavy atom. The van der Waals surface area contributed by atoms with Gasteiger partial charge in [-0.1, -0.05) is 36.4 Å². The number of hydrogen-bond acceptors (Lipinski definition) is 2. The molecule has 2 N–H and O–H groups in total. The normalized spacial score (nSPS) is 16.5. The van der Waals surface area contributed by atoms with E-state index in [1.54, 1.807) is 6.07 Å². The quantitative estimate of drug-likeness (QED) is 0.868. The summed E-state index contributed by atoms with van der Waals surface area (Å²) in [6.45, 7) is 0.681. The van der Waals surface area contributed by atoms with Crippen LogP contribution in [0.2, 0.25) is 0 Å². The Morgan fingerprint density at radius 2 is 1.84 bits per heavy atom. The Bertz CT molecular complexity index is 749. The van der Waals surface area contributed by atoms with Gasteiger partial charge in [-0.25, -0.2) is 0 Å². The summed E-state index contributed by atoms with van der Waals surface area (Å²) in [5, 5.41) is 5.86. The minimum atomic E-state index is -4.38. The summed E-state index contributed by atoms with van der Waals surface area (Å²) in [6.07, 6.45) is -3.81. The van der Waals surface area contributed by atoms with Crippen LogP contribution in [0.15, 0.2) is 48.5 Å². The highest BCUT2D eigenvalue weighted by atomic mass is 35.5. The Morgan fingerprint density at radius 3 is 2.56 bits per heavy atom. The maximum absolute atomic E-state index is 12.7. The number of carbonyl (C=O) groups excluding carboxylic acids is 1. The molecule has 0 spiro atoms. The van der Waals surface area contributed by atoms with Crippen molar-refractivity contribution in [2.24, 2.45) is 0 Å². The van der Waals surface area contributed by atoms with Crippen LogP contribution in [0.4, 0.5) is 13.2 Å². The number of hydrogen-bond donors (Lipinski definition) is 2. The van der Waals surface area contributed by atoms with Gasteiger partial charge in [0.2, 0.25) is 5.91 Å². The second kappa shape index (κ2) is 7.89. The maximum Gasteiger partial charge on any atom is 0.416 e. The summed E-state index contributed by atoms with van der Waals surface area (Å²) in [6, 6.07) is 12.5. The Labute approximate surface area is 150 Å². The first-order chi connectivity index (χ1) is 11.4. The Kier molecular flexibility index (Phi) is 6.08. The third-order valence-electron chi connectivity index (χ3n) is 4.12. The predicted molar refractivity (Wildman–Crippen MR) is 91.3 cm³/mol. The number of halogens is 4. The van der Waals surface area contributed by atoms with Gasteiger partial charge in [0, 0.05) is 13.1 Å². The monoisotopic (exact) mass is 370 g/mol. The Balaban J connectivity index is 0.00000225. The van der Waals surface area contributed by atoms with Crippen molar-refractivity contribution in [3.05, 3.63) is 70.8 Å². The molecule has 0 radical (unpaired) electrons. The van der Waals surface area contributed by atoms with E-state index >= 15 is 0 Å². The largest absolute Gasteiger partial charge is 0.416 e. The summed E-state index contributed by atoms with van der Waals surface area (Å²) in [4.78, 5) is 12.3. The number of fused-ring (bicyclic) bond motifs is 1. The fraction of sp³-hybridized carbons (Fsp3) is 0.278. The highest BCUT2D eigenvalue weighted by Crippen LogP contribution is 2.29. The van der Waals surface area contributed by atoms with Crippen LogP contribution in [-0.4, -0.2) is 11.9 Å². The fourth-order valence-electron chi connectivity index (χ4n) is 2.81. The van der Waals surface area contributed by atoms with Crippen LogP contribution < -0.4 is 10.6 Å². The van der Waals surface area contributed by atoms with E-state index in [1.165, 1.54) is 11.6 Å².